The quantitative estimate of drug-likeness (QED) is 0.762. The van der Waals surface area contributed by atoms with Crippen molar-refractivity contribution in [2.75, 3.05) is 12.3 Å². The number of amides is 1. The van der Waals surface area contributed by atoms with Gasteiger partial charge in [0.1, 0.15) is 6.04 Å². The van der Waals surface area contributed by atoms with E-state index in [2.05, 4.69) is 20.3 Å². The number of hydrogen-bond donors (Lipinski definition) is 2. The molecule has 0 saturated heterocycles. The molecule has 10 heteroatoms. The predicted octanol–water partition coefficient (Wildman–Crippen LogP) is 1.35. The zero-order valence-electron chi connectivity index (χ0n) is 11.3. The second kappa shape index (κ2) is 9.14. The molecule has 1 unspecified atom stereocenters. The highest BCUT2D eigenvalue weighted by Crippen LogP contribution is 2.13. The summed E-state index contributed by atoms with van der Waals surface area (Å²) in [5.74, 6) is 0.358. The maximum atomic E-state index is 11.8. The lowest BCUT2D eigenvalue weighted by Gasteiger charge is -2.15. The maximum absolute atomic E-state index is 11.8. The Bertz CT molecular complexity index is 497. The van der Waals surface area contributed by atoms with Crippen molar-refractivity contribution in [3.8, 4) is 0 Å². The fraction of sp³-hybridized carbons (Fsp3) is 0.545. The Morgan fingerprint density at radius 1 is 1.29 bits per heavy atom. The van der Waals surface area contributed by atoms with Gasteiger partial charge in [-0.3, -0.25) is 9.59 Å². The minimum absolute atomic E-state index is 0.0502. The second-order valence-corrected chi connectivity index (χ2v) is 5.74. The molecule has 0 aliphatic heterocycles. The number of nitrogens with one attached hydrogen (secondary N) is 1. The summed E-state index contributed by atoms with van der Waals surface area (Å²) in [4.78, 5) is 34.3. The van der Waals surface area contributed by atoms with Gasteiger partial charge in [0.2, 0.25) is 16.5 Å². The zero-order valence-corrected chi connectivity index (χ0v) is 13.6. The van der Waals surface area contributed by atoms with Gasteiger partial charge in [0.25, 0.3) is 0 Å². The molecule has 0 aliphatic rings. The fourth-order valence-corrected chi connectivity index (χ4v) is 2.45. The number of nitrogens with zero attached hydrogens (tertiary/aromatic N) is 3. The van der Waals surface area contributed by atoms with Gasteiger partial charge in [-0.15, -0.1) is 0 Å². The SMILES string of the molecule is CCC(=O)SCCC(=O)NC(CN)c1nc(Cl)nc(Cl)n1. The molecule has 7 nitrogen and oxygen atoms in total. The van der Waals surface area contributed by atoms with Crippen molar-refractivity contribution in [3.63, 3.8) is 0 Å². The zero-order chi connectivity index (χ0) is 15.8. The first-order chi connectivity index (χ1) is 9.96. The second-order valence-electron chi connectivity index (χ2n) is 3.91. The monoisotopic (exact) mass is 351 g/mol. The van der Waals surface area contributed by atoms with Gasteiger partial charge < -0.3 is 11.1 Å². The van der Waals surface area contributed by atoms with Gasteiger partial charge in [-0.25, -0.2) is 9.97 Å². The number of thioether (sulfide) groups is 1. The number of aromatic nitrogens is 3. The van der Waals surface area contributed by atoms with E-state index in [1.807, 2.05) is 0 Å². The van der Waals surface area contributed by atoms with E-state index in [1.165, 1.54) is 0 Å². The van der Waals surface area contributed by atoms with Crippen LogP contribution in [0, 0.1) is 0 Å². The largest absolute Gasteiger partial charge is 0.345 e. The minimum atomic E-state index is -0.609. The molecule has 1 heterocycles. The Hall–Kier alpha value is -0.960. The average molecular weight is 352 g/mol. The molecule has 1 rings (SSSR count). The molecule has 0 saturated carbocycles. The van der Waals surface area contributed by atoms with Crippen molar-refractivity contribution in [2.24, 2.45) is 5.73 Å². The molecular formula is C11H15Cl2N5O2S. The highest BCUT2D eigenvalue weighted by atomic mass is 35.5. The Morgan fingerprint density at radius 2 is 1.90 bits per heavy atom. The van der Waals surface area contributed by atoms with Crippen LogP contribution in [0.25, 0.3) is 0 Å². The van der Waals surface area contributed by atoms with Gasteiger partial charge in [-0.05, 0) is 23.2 Å². The van der Waals surface area contributed by atoms with Crippen LogP contribution < -0.4 is 11.1 Å². The molecule has 0 bridgehead atoms. The summed E-state index contributed by atoms with van der Waals surface area (Å²) in [7, 11) is 0. The summed E-state index contributed by atoms with van der Waals surface area (Å²) in [6.07, 6.45) is 0.638. The molecule has 1 aromatic rings. The van der Waals surface area contributed by atoms with E-state index in [4.69, 9.17) is 28.9 Å². The number of carbonyl (C=O) groups is 2. The van der Waals surface area contributed by atoms with Crippen LogP contribution in [0.1, 0.15) is 31.6 Å². The molecule has 1 atom stereocenters. The van der Waals surface area contributed by atoms with Crippen LogP contribution in [-0.2, 0) is 9.59 Å². The lowest BCUT2D eigenvalue weighted by molar-refractivity contribution is -0.121. The van der Waals surface area contributed by atoms with Crippen LogP contribution in [0.5, 0.6) is 0 Å². The first-order valence-electron chi connectivity index (χ1n) is 6.18. The molecule has 1 amide bonds. The van der Waals surface area contributed by atoms with E-state index in [1.54, 1.807) is 6.92 Å². The van der Waals surface area contributed by atoms with Crippen molar-refractivity contribution in [3.05, 3.63) is 16.4 Å². The summed E-state index contributed by atoms with van der Waals surface area (Å²) in [6, 6.07) is -0.609. The van der Waals surface area contributed by atoms with Crippen LogP contribution >= 0.6 is 35.0 Å². The van der Waals surface area contributed by atoms with Gasteiger partial charge in [-0.1, -0.05) is 18.7 Å². The third-order valence-corrected chi connectivity index (χ3v) is 3.72. The summed E-state index contributed by atoms with van der Waals surface area (Å²) >= 11 is 12.5. The lowest BCUT2D eigenvalue weighted by atomic mass is 10.2. The van der Waals surface area contributed by atoms with Crippen molar-refractivity contribution >= 4 is 46.0 Å². The normalized spacial score (nSPS) is 12.0. The highest BCUT2D eigenvalue weighted by molar-refractivity contribution is 8.13. The fourth-order valence-electron chi connectivity index (χ4n) is 1.35. The smallest absolute Gasteiger partial charge is 0.226 e. The molecular weight excluding hydrogens is 337 g/mol. The van der Waals surface area contributed by atoms with E-state index in [0.29, 0.717) is 12.2 Å². The Balaban J connectivity index is 2.57. The molecule has 0 aliphatic carbocycles. The van der Waals surface area contributed by atoms with Crippen LogP contribution in [-0.4, -0.2) is 38.3 Å². The predicted molar refractivity (Wildman–Crippen MR) is 82.2 cm³/mol. The van der Waals surface area contributed by atoms with Crippen molar-refractivity contribution in [1.82, 2.24) is 20.3 Å². The van der Waals surface area contributed by atoms with Crippen LogP contribution in [0.3, 0.4) is 0 Å². The standard InChI is InChI=1S/C11H15Cl2N5O2S/c1-2-8(20)21-4-3-7(19)15-6(5-14)9-16-10(12)18-11(13)17-9/h6H,2-5,14H2,1H3,(H,15,19). The average Bonchev–Trinajstić information content (AvgIpc) is 2.43. The number of rotatable bonds is 7. The van der Waals surface area contributed by atoms with Gasteiger partial charge in [0.15, 0.2) is 10.9 Å². The molecule has 3 N–H and O–H groups in total. The summed E-state index contributed by atoms with van der Waals surface area (Å²) in [5.41, 5.74) is 5.59. The molecule has 0 aromatic carbocycles. The molecule has 1 aromatic heterocycles. The van der Waals surface area contributed by atoms with E-state index in [0.717, 1.165) is 11.8 Å². The van der Waals surface area contributed by atoms with Gasteiger partial charge in [0.05, 0.1) is 0 Å². The van der Waals surface area contributed by atoms with Crippen LogP contribution in [0.15, 0.2) is 0 Å². The van der Waals surface area contributed by atoms with Crippen molar-refractivity contribution in [2.45, 2.75) is 25.8 Å². The van der Waals surface area contributed by atoms with E-state index < -0.39 is 6.04 Å². The third-order valence-electron chi connectivity index (χ3n) is 2.36. The van der Waals surface area contributed by atoms with E-state index >= 15 is 0 Å². The highest BCUT2D eigenvalue weighted by Gasteiger charge is 2.17. The first kappa shape index (κ1) is 18.1. The van der Waals surface area contributed by atoms with Gasteiger partial charge in [0, 0.05) is 25.1 Å². The summed E-state index contributed by atoms with van der Waals surface area (Å²) in [6.45, 7) is 1.86. The maximum Gasteiger partial charge on any atom is 0.226 e. The Labute approximate surface area is 136 Å². The molecule has 21 heavy (non-hydrogen) atoms. The molecule has 0 fully saturated rings. The first-order valence-corrected chi connectivity index (χ1v) is 7.92. The number of nitrogens with two attached hydrogens (primary N) is 1. The molecule has 0 spiro atoms. The third kappa shape index (κ3) is 6.56. The number of hydrogen-bond acceptors (Lipinski definition) is 7. The van der Waals surface area contributed by atoms with Gasteiger partial charge >= 0.3 is 0 Å². The van der Waals surface area contributed by atoms with Gasteiger partial charge in [-0.2, -0.15) is 4.98 Å². The van der Waals surface area contributed by atoms with Crippen molar-refractivity contribution < 1.29 is 9.59 Å². The van der Waals surface area contributed by atoms with E-state index in [-0.39, 0.29) is 40.4 Å². The van der Waals surface area contributed by atoms with E-state index in [9.17, 15) is 9.59 Å². The number of carbonyl (C=O) groups excluding carboxylic acids is 2. The summed E-state index contributed by atoms with van der Waals surface area (Å²) in [5, 5.41) is 2.59. The van der Waals surface area contributed by atoms with Crippen LogP contribution in [0.2, 0.25) is 10.6 Å². The topological polar surface area (TPSA) is 111 Å². The lowest BCUT2D eigenvalue weighted by Crippen LogP contribution is -2.35. The Kier molecular flexibility index (Phi) is 7.87. The number of halogens is 2. The minimum Gasteiger partial charge on any atom is -0.345 e. The Morgan fingerprint density at radius 3 is 2.43 bits per heavy atom. The van der Waals surface area contributed by atoms with Crippen molar-refractivity contribution in [1.29, 1.82) is 0 Å². The van der Waals surface area contributed by atoms with Crippen LogP contribution in [0.4, 0.5) is 0 Å². The summed E-state index contributed by atoms with van der Waals surface area (Å²) < 4.78 is 0. The molecule has 116 valence electrons. The molecule has 0 radical (unpaired) electrons.